The van der Waals surface area contributed by atoms with Crippen LogP contribution in [0.25, 0.3) is 0 Å². The lowest BCUT2D eigenvalue weighted by Crippen LogP contribution is -2.30. The molecule has 98 valence electrons. The van der Waals surface area contributed by atoms with Crippen molar-refractivity contribution in [1.82, 2.24) is 4.90 Å². The Morgan fingerprint density at radius 1 is 1.56 bits per heavy atom. The Kier molecular flexibility index (Phi) is 3.84. The molecule has 0 aliphatic carbocycles. The van der Waals surface area contributed by atoms with Gasteiger partial charge in [-0.05, 0) is 37.1 Å². The molecule has 1 saturated heterocycles. The van der Waals surface area contributed by atoms with Gasteiger partial charge in [-0.15, -0.1) is 0 Å². The zero-order chi connectivity index (χ0) is 13.1. The number of methoxy groups -OCH3 is 1. The minimum Gasteiger partial charge on any atom is -0.380 e. The maximum Gasteiger partial charge on any atom is 0.253 e. The molecule has 0 bridgehead atoms. The molecule has 1 unspecified atom stereocenters. The first-order valence-electron chi connectivity index (χ1n) is 6.05. The maximum atomic E-state index is 12.3. The number of benzene rings is 1. The van der Waals surface area contributed by atoms with Crippen molar-refractivity contribution in [3.8, 4) is 0 Å². The van der Waals surface area contributed by atoms with Gasteiger partial charge >= 0.3 is 0 Å². The van der Waals surface area contributed by atoms with Gasteiger partial charge in [-0.2, -0.15) is 0 Å². The molecule has 5 heteroatoms. The number of carbonyl (C=O) groups is 1. The highest BCUT2D eigenvalue weighted by Gasteiger charge is 2.26. The molecule has 0 saturated carbocycles. The Labute approximate surface area is 107 Å². The first-order valence-corrected chi connectivity index (χ1v) is 6.05. The number of nitrogen functional groups attached to an aromatic ring is 1. The van der Waals surface area contributed by atoms with Crippen molar-refractivity contribution in [2.75, 3.05) is 25.6 Å². The summed E-state index contributed by atoms with van der Waals surface area (Å²) < 4.78 is 5.27. The van der Waals surface area contributed by atoms with E-state index >= 15 is 0 Å². The molecule has 0 radical (unpaired) electrons. The lowest BCUT2D eigenvalue weighted by atomic mass is 10.1. The Morgan fingerprint density at radius 3 is 2.89 bits per heavy atom. The molecule has 1 aliphatic heterocycles. The zero-order valence-electron chi connectivity index (χ0n) is 10.8. The molecule has 1 heterocycles. The third-order valence-electron chi connectivity index (χ3n) is 3.39. The fourth-order valence-electron chi connectivity index (χ4n) is 2.25. The van der Waals surface area contributed by atoms with Crippen LogP contribution in [-0.4, -0.2) is 37.1 Å². The molecule has 1 aromatic rings. The number of likely N-dealkylation sites (tertiary alicyclic amines) is 1. The first kappa shape index (κ1) is 12.9. The van der Waals surface area contributed by atoms with E-state index in [0.717, 1.165) is 24.2 Å². The quantitative estimate of drug-likeness (QED) is 0.622. The second-order valence-electron chi connectivity index (χ2n) is 4.57. The second-order valence-corrected chi connectivity index (χ2v) is 4.57. The van der Waals surface area contributed by atoms with Gasteiger partial charge in [0.15, 0.2) is 0 Å². The van der Waals surface area contributed by atoms with E-state index in [2.05, 4.69) is 5.43 Å². The predicted molar refractivity (Wildman–Crippen MR) is 70.3 cm³/mol. The van der Waals surface area contributed by atoms with Gasteiger partial charge in [0.2, 0.25) is 0 Å². The zero-order valence-corrected chi connectivity index (χ0v) is 10.8. The maximum absolute atomic E-state index is 12.3. The van der Waals surface area contributed by atoms with E-state index in [1.165, 1.54) is 0 Å². The number of ether oxygens (including phenoxy) is 1. The lowest BCUT2D eigenvalue weighted by Gasteiger charge is -2.17. The molecule has 5 nitrogen and oxygen atoms in total. The van der Waals surface area contributed by atoms with Crippen molar-refractivity contribution in [3.63, 3.8) is 0 Å². The Bertz CT molecular complexity index is 448. The van der Waals surface area contributed by atoms with Gasteiger partial charge in [-0.1, -0.05) is 0 Å². The Hall–Kier alpha value is -1.59. The summed E-state index contributed by atoms with van der Waals surface area (Å²) in [6.45, 7) is 3.35. The summed E-state index contributed by atoms with van der Waals surface area (Å²) in [7, 11) is 1.69. The average molecular weight is 249 g/mol. The number of aryl methyl sites for hydroxylation is 1. The lowest BCUT2D eigenvalue weighted by molar-refractivity contribution is 0.0724. The molecule has 1 fully saturated rings. The van der Waals surface area contributed by atoms with Crippen LogP contribution in [0.1, 0.15) is 22.3 Å². The van der Waals surface area contributed by atoms with Crippen LogP contribution in [0.15, 0.2) is 18.2 Å². The summed E-state index contributed by atoms with van der Waals surface area (Å²) in [5, 5.41) is 0. The highest BCUT2D eigenvalue weighted by atomic mass is 16.5. The Balaban J connectivity index is 2.12. The van der Waals surface area contributed by atoms with E-state index in [9.17, 15) is 4.79 Å². The molecule has 2 rings (SSSR count). The highest BCUT2D eigenvalue weighted by molar-refractivity contribution is 5.95. The molecular weight excluding hydrogens is 230 g/mol. The van der Waals surface area contributed by atoms with Crippen molar-refractivity contribution < 1.29 is 9.53 Å². The second kappa shape index (κ2) is 5.37. The molecule has 0 aromatic heterocycles. The van der Waals surface area contributed by atoms with Crippen LogP contribution in [0.5, 0.6) is 0 Å². The van der Waals surface area contributed by atoms with Crippen molar-refractivity contribution in [1.29, 1.82) is 0 Å². The standard InChI is InChI=1S/C13H19N3O2/c1-9-7-10(3-4-12(9)15-14)13(17)16-6-5-11(8-16)18-2/h3-4,7,11,15H,5-6,8,14H2,1-2H3. The Morgan fingerprint density at radius 2 is 2.33 bits per heavy atom. The topological polar surface area (TPSA) is 67.6 Å². The summed E-state index contributed by atoms with van der Waals surface area (Å²) in [6, 6.07) is 5.48. The first-order chi connectivity index (χ1) is 8.65. The largest absolute Gasteiger partial charge is 0.380 e. The fraction of sp³-hybridized carbons (Fsp3) is 0.462. The van der Waals surface area contributed by atoms with Crippen LogP contribution in [0.3, 0.4) is 0 Å². The summed E-state index contributed by atoms with van der Waals surface area (Å²) in [6.07, 6.45) is 1.07. The van der Waals surface area contributed by atoms with Gasteiger partial charge in [0.25, 0.3) is 5.91 Å². The summed E-state index contributed by atoms with van der Waals surface area (Å²) in [4.78, 5) is 14.1. The number of amides is 1. The van der Waals surface area contributed by atoms with Crippen molar-refractivity contribution in [3.05, 3.63) is 29.3 Å². The van der Waals surface area contributed by atoms with Gasteiger partial charge in [0, 0.05) is 25.8 Å². The van der Waals surface area contributed by atoms with Gasteiger partial charge in [0.05, 0.1) is 11.8 Å². The monoisotopic (exact) mass is 249 g/mol. The molecule has 18 heavy (non-hydrogen) atoms. The molecule has 1 atom stereocenters. The normalized spacial score (nSPS) is 19.1. The molecule has 1 amide bonds. The van der Waals surface area contributed by atoms with E-state index in [0.29, 0.717) is 12.1 Å². The van der Waals surface area contributed by atoms with Crippen molar-refractivity contribution in [2.24, 2.45) is 5.84 Å². The molecule has 1 aliphatic rings. The highest BCUT2D eigenvalue weighted by Crippen LogP contribution is 2.19. The van der Waals surface area contributed by atoms with Gasteiger partial charge in [-0.3, -0.25) is 10.6 Å². The third kappa shape index (κ3) is 2.47. The number of carbonyl (C=O) groups excluding carboxylic acids is 1. The summed E-state index contributed by atoms with van der Waals surface area (Å²) in [5.41, 5.74) is 5.10. The van der Waals surface area contributed by atoms with Crippen LogP contribution in [0, 0.1) is 6.92 Å². The molecular formula is C13H19N3O2. The van der Waals surface area contributed by atoms with Crippen LogP contribution < -0.4 is 11.3 Å². The number of rotatable bonds is 3. The number of hydrazine groups is 1. The molecule has 1 aromatic carbocycles. The van der Waals surface area contributed by atoms with E-state index in [4.69, 9.17) is 10.6 Å². The van der Waals surface area contributed by atoms with Crippen molar-refractivity contribution >= 4 is 11.6 Å². The number of nitrogens with zero attached hydrogens (tertiary/aromatic N) is 1. The van der Waals surface area contributed by atoms with Gasteiger partial charge in [-0.25, -0.2) is 0 Å². The van der Waals surface area contributed by atoms with Crippen molar-refractivity contribution in [2.45, 2.75) is 19.4 Å². The van der Waals surface area contributed by atoms with E-state index < -0.39 is 0 Å². The van der Waals surface area contributed by atoms with Crippen LogP contribution >= 0.6 is 0 Å². The molecule has 0 spiro atoms. The summed E-state index contributed by atoms with van der Waals surface area (Å²) in [5.74, 6) is 5.43. The number of nitrogens with one attached hydrogen (secondary N) is 1. The number of hydrogen-bond donors (Lipinski definition) is 2. The minimum atomic E-state index is 0.0567. The SMILES string of the molecule is COC1CCN(C(=O)c2ccc(NN)c(C)c2)C1. The number of nitrogens with two attached hydrogens (primary N) is 1. The number of hydrogen-bond acceptors (Lipinski definition) is 4. The van der Waals surface area contributed by atoms with Crippen LogP contribution in [0.4, 0.5) is 5.69 Å². The van der Waals surface area contributed by atoms with Gasteiger partial charge in [0.1, 0.15) is 0 Å². The van der Waals surface area contributed by atoms with Crippen LogP contribution in [-0.2, 0) is 4.74 Å². The van der Waals surface area contributed by atoms with E-state index in [1.54, 1.807) is 13.2 Å². The number of anilines is 1. The predicted octanol–water partition coefficient (Wildman–Crippen LogP) is 1.14. The molecule has 3 N–H and O–H groups in total. The smallest absolute Gasteiger partial charge is 0.253 e. The van der Waals surface area contributed by atoms with E-state index in [-0.39, 0.29) is 12.0 Å². The minimum absolute atomic E-state index is 0.0567. The third-order valence-corrected chi connectivity index (χ3v) is 3.39. The van der Waals surface area contributed by atoms with Gasteiger partial charge < -0.3 is 15.1 Å². The van der Waals surface area contributed by atoms with E-state index in [1.807, 2.05) is 24.0 Å². The fourth-order valence-corrected chi connectivity index (χ4v) is 2.25. The summed E-state index contributed by atoms with van der Waals surface area (Å²) >= 11 is 0. The van der Waals surface area contributed by atoms with Crippen LogP contribution in [0.2, 0.25) is 0 Å². The average Bonchev–Trinajstić information content (AvgIpc) is 2.86.